The van der Waals surface area contributed by atoms with Crippen molar-refractivity contribution in [3.05, 3.63) is 42.5 Å². The van der Waals surface area contributed by atoms with Gasteiger partial charge in [0.2, 0.25) is 17.8 Å². The van der Waals surface area contributed by atoms with Crippen LogP contribution in [-0.2, 0) is 9.59 Å². The lowest BCUT2D eigenvalue weighted by Gasteiger charge is -2.25. The molecule has 3 aromatic rings. The molecule has 1 atom stereocenters. The van der Waals surface area contributed by atoms with Gasteiger partial charge in [-0.1, -0.05) is 18.2 Å². The number of fused-ring (bicyclic) bond motifs is 3. The Bertz CT molecular complexity index is 1320. The van der Waals surface area contributed by atoms with Gasteiger partial charge in [0.05, 0.1) is 6.54 Å². The van der Waals surface area contributed by atoms with Crippen LogP contribution in [0.1, 0.15) is 32.1 Å². The Morgan fingerprint density at radius 1 is 1.06 bits per heavy atom. The number of aliphatic imine (C=N–C) groups is 1. The van der Waals surface area contributed by atoms with Gasteiger partial charge < -0.3 is 19.5 Å². The lowest BCUT2D eigenvalue weighted by Crippen LogP contribution is -2.45. The molecule has 0 bridgehead atoms. The fourth-order valence-electron chi connectivity index (χ4n) is 4.84. The van der Waals surface area contributed by atoms with E-state index in [2.05, 4.69) is 15.6 Å². The summed E-state index contributed by atoms with van der Waals surface area (Å²) in [6.45, 7) is 2.15. The second kappa shape index (κ2) is 10.1. The van der Waals surface area contributed by atoms with E-state index in [1.54, 1.807) is 4.90 Å². The van der Waals surface area contributed by atoms with Gasteiger partial charge in [-0.25, -0.2) is 4.99 Å². The fourth-order valence-corrected chi connectivity index (χ4v) is 4.84. The van der Waals surface area contributed by atoms with Crippen molar-refractivity contribution in [2.75, 3.05) is 31.5 Å². The first kappa shape index (κ1) is 22.7. The van der Waals surface area contributed by atoms with Crippen molar-refractivity contribution in [3.63, 3.8) is 0 Å². The summed E-state index contributed by atoms with van der Waals surface area (Å²) in [4.78, 5) is 33.9. The maximum absolute atomic E-state index is 13.3. The third-order valence-electron chi connectivity index (χ3n) is 6.64. The van der Waals surface area contributed by atoms with Crippen LogP contribution in [0.3, 0.4) is 0 Å². The summed E-state index contributed by atoms with van der Waals surface area (Å²) in [6, 6.07) is 12.8. The van der Waals surface area contributed by atoms with E-state index in [-0.39, 0.29) is 24.3 Å². The van der Waals surface area contributed by atoms with Crippen LogP contribution in [0.25, 0.3) is 21.9 Å². The van der Waals surface area contributed by atoms with Gasteiger partial charge in [0.15, 0.2) is 6.19 Å². The Labute approximate surface area is 203 Å². The van der Waals surface area contributed by atoms with E-state index in [4.69, 9.17) is 4.42 Å². The Morgan fingerprint density at radius 2 is 1.83 bits per heavy atom. The van der Waals surface area contributed by atoms with Gasteiger partial charge in [-0.15, -0.1) is 0 Å². The van der Waals surface area contributed by atoms with Crippen LogP contribution in [0.5, 0.6) is 0 Å². The number of likely N-dealkylation sites (tertiary alicyclic amines) is 2. The van der Waals surface area contributed by atoms with Crippen molar-refractivity contribution in [2.24, 2.45) is 4.99 Å². The molecule has 0 radical (unpaired) electrons. The van der Waals surface area contributed by atoms with Crippen molar-refractivity contribution in [3.8, 4) is 6.19 Å². The number of nitrogens with one attached hydrogen (secondary N) is 2. The molecule has 5 rings (SSSR count). The lowest BCUT2D eigenvalue weighted by molar-refractivity contribution is -0.140. The van der Waals surface area contributed by atoms with E-state index in [0.717, 1.165) is 55.1 Å². The summed E-state index contributed by atoms with van der Waals surface area (Å²) in [5, 5.41) is 17.0. The molecule has 1 aromatic heterocycles. The predicted molar refractivity (Wildman–Crippen MR) is 134 cm³/mol. The molecule has 2 saturated heterocycles. The van der Waals surface area contributed by atoms with E-state index >= 15 is 0 Å². The van der Waals surface area contributed by atoms with Crippen molar-refractivity contribution in [1.82, 2.24) is 15.1 Å². The zero-order chi connectivity index (χ0) is 24.2. The highest BCUT2D eigenvalue weighted by atomic mass is 16.3. The molecule has 2 aromatic carbocycles. The summed E-state index contributed by atoms with van der Waals surface area (Å²) in [6.07, 6.45) is 6.13. The van der Waals surface area contributed by atoms with Crippen molar-refractivity contribution in [1.29, 1.82) is 5.26 Å². The SMILES string of the molecule is N#CNC(=NC1CCCCN(CC(=O)N2CCCC2)C1=O)Nc1ccc2c(c1)oc1ccccc12. The predicted octanol–water partition coefficient (Wildman–Crippen LogP) is 3.43. The largest absolute Gasteiger partial charge is 0.456 e. The van der Waals surface area contributed by atoms with Crippen LogP contribution in [0.15, 0.2) is 51.9 Å². The molecule has 0 aliphatic carbocycles. The number of nitriles is 1. The number of rotatable bonds is 4. The van der Waals surface area contributed by atoms with Crippen molar-refractivity contribution < 1.29 is 14.0 Å². The number of nitrogens with zero attached hydrogens (tertiary/aromatic N) is 4. The molecular weight excluding hydrogens is 444 g/mol. The molecule has 2 amide bonds. The van der Waals surface area contributed by atoms with E-state index in [1.807, 2.05) is 53.6 Å². The molecule has 9 nitrogen and oxygen atoms in total. The lowest BCUT2D eigenvalue weighted by atomic mass is 10.1. The molecule has 2 aliphatic rings. The first-order valence-corrected chi connectivity index (χ1v) is 12.1. The van der Waals surface area contributed by atoms with Gasteiger partial charge >= 0.3 is 0 Å². The number of carbonyl (C=O) groups is 2. The number of hydrogen-bond donors (Lipinski definition) is 2. The van der Waals surface area contributed by atoms with E-state index in [0.29, 0.717) is 24.2 Å². The average Bonchev–Trinajstić information content (AvgIpc) is 3.49. The normalized spacial score (nSPS) is 19.1. The zero-order valence-electron chi connectivity index (χ0n) is 19.5. The number of hydrogen-bond acceptors (Lipinski definition) is 5. The second-order valence-electron chi connectivity index (χ2n) is 9.01. The van der Waals surface area contributed by atoms with Crippen LogP contribution in [-0.4, -0.2) is 59.8 Å². The van der Waals surface area contributed by atoms with Crippen molar-refractivity contribution in [2.45, 2.75) is 38.1 Å². The Kier molecular flexibility index (Phi) is 6.53. The van der Waals surface area contributed by atoms with Gasteiger partial charge in [0.1, 0.15) is 17.2 Å². The second-order valence-corrected chi connectivity index (χ2v) is 9.01. The molecule has 0 saturated carbocycles. The third kappa shape index (κ3) is 4.92. The van der Waals surface area contributed by atoms with Gasteiger partial charge in [0.25, 0.3) is 0 Å². The number of carbonyl (C=O) groups excluding carboxylic acids is 2. The molecule has 0 spiro atoms. The smallest absolute Gasteiger partial charge is 0.247 e. The number of guanidine groups is 1. The Hall–Kier alpha value is -4.06. The molecule has 2 fully saturated rings. The van der Waals surface area contributed by atoms with E-state index in [1.165, 1.54) is 0 Å². The Morgan fingerprint density at radius 3 is 2.66 bits per heavy atom. The highest BCUT2D eigenvalue weighted by Gasteiger charge is 2.30. The molecule has 9 heteroatoms. The van der Waals surface area contributed by atoms with Gasteiger partial charge in [-0.3, -0.25) is 14.9 Å². The molecule has 35 heavy (non-hydrogen) atoms. The van der Waals surface area contributed by atoms with Crippen LogP contribution >= 0.6 is 0 Å². The first-order valence-electron chi connectivity index (χ1n) is 12.1. The molecule has 180 valence electrons. The molecule has 2 aliphatic heterocycles. The van der Waals surface area contributed by atoms with Gasteiger partial charge in [-0.2, -0.15) is 5.26 Å². The molecule has 1 unspecified atom stereocenters. The van der Waals surface area contributed by atoms with Crippen LogP contribution in [0, 0.1) is 11.5 Å². The summed E-state index contributed by atoms with van der Waals surface area (Å²) < 4.78 is 5.95. The summed E-state index contributed by atoms with van der Waals surface area (Å²) >= 11 is 0. The first-order chi connectivity index (χ1) is 17.1. The average molecular weight is 473 g/mol. The fraction of sp³-hybridized carbons (Fsp3) is 0.385. The van der Waals surface area contributed by atoms with Gasteiger partial charge in [0, 0.05) is 42.2 Å². The van der Waals surface area contributed by atoms with E-state index in [9.17, 15) is 14.9 Å². The van der Waals surface area contributed by atoms with E-state index < -0.39 is 6.04 Å². The zero-order valence-corrected chi connectivity index (χ0v) is 19.5. The van der Waals surface area contributed by atoms with Crippen LogP contribution in [0.2, 0.25) is 0 Å². The standard InChI is InChI=1S/C26H28N6O3/c27-17-28-26(29-18-10-11-20-19-7-1-2-9-22(19)35-23(20)15-18)30-21-8-3-4-14-32(25(21)34)16-24(33)31-12-5-6-13-31/h1-2,7,9-11,15,21H,3-6,8,12-14,16H2,(H2,28,29,30). The number of para-hydroxylation sites is 1. The molecular formula is C26H28N6O3. The minimum Gasteiger partial charge on any atom is -0.456 e. The summed E-state index contributed by atoms with van der Waals surface area (Å²) in [5.74, 6) is 0.00367. The highest BCUT2D eigenvalue weighted by molar-refractivity contribution is 6.06. The van der Waals surface area contributed by atoms with Crippen LogP contribution < -0.4 is 10.6 Å². The minimum absolute atomic E-state index is 0.00637. The molecule has 3 heterocycles. The van der Waals surface area contributed by atoms with Gasteiger partial charge in [-0.05, 0) is 50.3 Å². The molecule has 2 N–H and O–H groups in total. The maximum atomic E-state index is 13.3. The number of benzene rings is 2. The Balaban J connectivity index is 1.34. The topological polar surface area (TPSA) is 114 Å². The maximum Gasteiger partial charge on any atom is 0.247 e. The number of furan rings is 1. The number of anilines is 1. The highest BCUT2D eigenvalue weighted by Crippen LogP contribution is 2.30. The monoisotopic (exact) mass is 472 g/mol. The quantitative estimate of drug-likeness (QED) is 0.260. The van der Waals surface area contributed by atoms with Crippen LogP contribution in [0.4, 0.5) is 5.69 Å². The minimum atomic E-state index is -0.665. The number of amides is 2. The van der Waals surface area contributed by atoms with Crippen molar-refractivity contribution >= 4 is 45.4 Å². The summed E-state index contributed by atoms with van der Waals surface area (Å²) in [5.41, 5.74) is 2.20. The summed E-state index contributed by atoms with van der Waals surface area (Å²) in [7, 11) is 0. The third-order valence-corrected chi connectivity index (χ3v) is 6.64.